The quantitative estimate of drug-likeness (QED) is 0.425. The average molecular weight is 236 g/mol. The molecule has 0 saturated heterocycles. The van der Waals surface area contributed by atoms with Crippen molar-refractivity contribution in [3.05, 3.63) is 5.82 Å². The Morgan fingerprint density at radius 2 is 2.21 bits per heavy atom. The molecular formula is C8H14ClN3OS. The van der Waals surface area contributed by atoms with Gasteiger partial charge in [0.15, 0.2) is 5.16 Å². The molecule has 0 bridgehead atoms. The van der Waals surface area contributed by atoms with Crippen molar-refractivity contribution in [1.82, 2.24) is 14.8 Å². The summed E-state index contributed by atoms with van der Waals surface area (Å²) in [6, 6.07) is 0. The third-order valence-corrected chi connectivity index (χ3v) is 2.87. The summed E-state index contributed by atoms with van der Waals surface area (Å²) in [6.07, 6.45) is 0. The number of ether oxygens (including phenoxy) is 1. The summed E-state index contributed by atoms with van der Waals surface area (Å²) < 4.78 is 7.21. The molecule has 1 aromatic heterocycles. The number of halogens is 1. The molecule has 4 nitrogen and oxygen atoms in total. The smallest absolute Gasteiger partial charge is 0.191 e. The maximum Gasteiger partial charge on any atom is 0.191 e. The van der Waals surface area contributed by atoms with E-state index in [1.54, 1.807) is 11.8 Å². The van der Waals surface area contributed by atoms with Gasteiger partial charge in [-0.15, -0.1) is 21.8 Å². The van der Waals surface area contributed by atoms with E-state index in [4.69, 9.17) is 16.3 Å². The SMILES string of the molecule is Cc1nnc(SCCOCCCl)n1C. The van der Waals surface area contributed by atoms with Gasteiger partial charge in [0.25, 0.3) is 0 Å². The molecule has 1 heterocycles. The molecule has 0 aliphatic carbocycles. The van der Waals surface area contributed by atoms with Crippen LogP contribution in [0.1, 0.15) is 5.82 Å². The number of rotatable bonds is 6. The molecule has 1 aromatic rings. The van der Waals surface area contributed by atoms with Crippen LogP contribution in [0.3, 0.4) is 0 Å². The maximum absolute atomic E-state index is 5.47. The van der Waals surface area contributed by atoms with E-state index < -0.39 is 0 Å². The third-order valence-electron chi connectivity index (χ3n) is 1.73. The van der Waals surface area contributed by atoms with Crippen LogP contribution in [0.15, 0.2) is 5.16 Å². The van der Waals surface area contributed by atoms with Crippen LogP contribution in [0.4, 0.5) is 0 Å². The molecule has 6 heteroatoms. The highest BCUT2D eigenvalue weighted by Gasteiger charge is 2.04. The van der Waals surface area contributed by atoms with Crippen molar-refractivity contribution < 1.29 is 4.74 Å². The number of nitrogens with zero attached hydrogens (tertiary/aromatic N) is 3. The Morgan fingerprint density at radius 1 is 1.43 bits per heavy atom. The first kappa shape index (κ1) is 11.8. The zero-order valence-electron chi connectivity index (χ0n) is 8.36. The fourth-order valence-electron chi connectivity index (χ4n) is 0.862. The molecule has 0 atom stereocenters. The first-order valence-corrected chi connectivity index (χ1v) is 5.90. The molecule has 0 fully saturated rings. The number of thioether (sulfide) groups is 1. The van der Waals surface area contributed by atoms with E-state index in [2.05, 4.69) is 10.2 Å². The zero-order valence-corrected chi connectivity index (χ0v) is 9.94. The summed E-state index contributed by atoms with van der Waals surface area (Å²) in [4.78, 5) is 0. The molecule has 0 N–H and O–H groups in total. The topological polar surface area (TPSA) is 39.9 Å². The van der Waals surface area contributed by atoms with E-state index in [1.165, 1.54) is 0 Å². The summed E-state index contributed by atoms with van der Waals surface area (Å²) in [6.45, 7) is 3.24. The summed E-state index contributed by atoms with van der Waals surface area (Å²) in [5, 5.41) is 8.92. The van der Waals surface area contributed by atoms with Crippen LogP contribution in [0.2, 0.25) is 0 Å². The predicted molar refractivity (Wildman–Crippen MR) is 58.0 cm³/mol. The van der Waals surface area contributed by atoms with Gasteiger partial charge in [-0.3, -0.25) is 0 Å². The van der Waals surface area contributed by atoms with Gasteiger partial charge in [0.1, 0.15) is 5.82 Å². The van der Waals surface area contributed by atoms with Gasteiger partial charge in [-0.25, -0.2) is 0 Å². The molecule has 0 amide bonds. The fourth-order valence-corrected chi connectivity index (χ4v) is 1.78. The van der Waals surface area contributed by atoms with Gasteiger partial charge in [0.05, 0.1) is 13.2 Å². The summed E-state index contributed by atoms with van der Waals surface area (Å²) in [5.74, 6) is 2.35. The molecule has 1 rings (SSSR count). The van der Waals surface area contributed by atoms with E-state index in [0.717, 1.165) is 16.7 Å². The minimum Gasteiger partial charge on any atom is -0.379 e. The summed E-state index contributed by atoms with van der Waals surface area (Å²) >= 11 is 7.11. The second-order valence-electron chi connectivity index (χ2n) is 2.74. The monoisotopic (exact) mass is 235 g/mol. The lowest BCUT2D eigenvalue weighted by Gasteiger charge is -2.01. The van der Waals surface area contributed by atoms with E-state index in [1.807, 2.05) is 18.5 Å². The molecule has 14 heavy (non-hydrogen) atoms. The molecule has 0 aromatic carbocycles. The van der Waals surface area contributed by atoms with Crippen molar-refractivity contribution in [3.8, 4) is 0 Å². The zero-order chi connectivity index (χ0) is 10.4. The van der Waals surface area contributed by atoms with Gasteiger partial charge in [-0.05, 0) is 6.92 Å². The summed E-state index contributed by atoms with van der Waals surface area (Å²) in [5.41, 5.74) is 0. The Labute approximate surface area is 93.0 Å². The Bertz CT molecular complexity index is 280. The highest BCUT2D eigenvalue weighted by Crippen LogP contribution is 2.14. The summed E-state index contributed by atoms with van der Waals surface area (Å²) in [7, 11) is 1.96. The van der Waals surface area contributed by atoms with Crippen molar-refractivity contribution in [3.63, 3.8) is 0 Å². The molecule has 0 aliphatic rings. The van der Waals surface area contributed by atoms with E-state index in [-0.39, 0.29) is 0 Å². The molecule has 0 spiro atoms. The number of hydrogen-bond acceptors (Lipinski definition) is 4. The normalized spacial score (nSPS) is 10.8. The van der Waals surface area contributed by atoms with Crippen molar-refractivity contribution >= 4 is 23.4 Å². The van der Waals surface area contributed by atoms with Gasteiger partial charge < -0.3 is 9.30 Å². The van der Waals surface area contributed by atoms with Crippen LogP contribution < -0.4 is 0 Å². The van der Waals surface area contributed by atoms with Crippen molar-refractivity contribution in [2.24, 2.45) is 7.05 Å². The van der Waals surface area contributed by atoms with Crippen LogP contribution in [0.25, 0.3) is 0 Å². The van der Waals surface area contributed by atoms with Gasteiger partial charge >= 0.3 is 0 Å². The first-order valence-electron chi connectivity index (χ1n) is 4.38. The first-order chi connectivity index (χ1) is 6.75. The van der Waals surface area contributed by atoms with E-state index in [9.17, 15) is 0 Å². The molecule has 80 valence electrons. The largest absolute Gasteiger partial charge is 0.379 e. The molecule has 0 unspecified atom stereocenters. The molecule has 0 aliphatic heterocycles. The van der Waals surface area contributed by atoms with Gasteiger partial charge in [0, 0.05) is 18.7 Å². The van der Waals surface area contributed by atoms with Crippen molar-refractivity contribution in [2.75, 3.05) is 24.8 Å². The Hall–Kier alpha value is -0.260. The Kier molecular flexibility index (Phi) is 5.29. The van der Waals surface area contributed by atoms with Crippen LogP contribution in [-0.2, 0) is 11.8 Å². The second kappa shape index (κ2) is 6.27. The van der Waals surface area contributed by atoms with Crippen LogP contribution >= 0.6 is 23.4 Å². The molecule has 0 radical (unpaired) electrons. The lowest BCUT2D eigenvalue weighted by atomic mass is 10.7. The number of aryl methyl sites for hydroxylation is 1. The Morgan fingerprint density at radius 3 is 2.79 bits per heavy atom. The number of alkyl halides is 1. The van der Waals surface area contributed by atoms with Crippen LogP contribution in [0, 0.1) is 6.92 Å². The Balaban J connectivity index is 2.21. The third kappa shape index (κ3) is 3.48. The highest BCUT2D eigenvalue weighted by atomic mass is 35.5. The number of aromatic nitrogens is 3. The minimum atomic E-state index is 0.549. The standard InChI is InChI=1S/C8H14ClN3OS/c1-7-10-11-8(12(7)2)14-6-5-13-4-3-9/h3-6H2,1-2H3. The van der Waals surface area contributed by atoms with Gasteiger partial charge in [0.2, 0.25) is 0 Å². The fraction of sp³-hybridized carbons (Fsp3) is 0.750. The van der Waals surface area contributed by atoms with Gasteiger partial charge in [-0.2, -0.15) is 0 Å². The molecule has 0 saturated carbocycles. The molecular weight excluding hydrogens is 222 g/mol. The second-order valence-corrected chi connectivity index (χ2v) is 4.18. The van der Waals surface area contributed by atoms with Crippen molar-refractivity contribution in [1.29, 1.82) is 0 Å². The average Bonchev–Trinajstić information content (AvgIpc) is 2.49. The highest BCUT2D eigenvalue weighted by molar-refractivity contribution is 7.99. The van der Waals surface area contributed by atoms with Crippen LogP contribution in [-0.4, -0.2) is 39.6 Å². The number of hydrogen-bond donors (Lipinski definition) is 0. The van der Waals surface area contributed by atoms with E-state index in [0.29, 0.717) is 19.1 Å². The van der Waals surface area contributed by atoms with E-state index >= 15 is 0 Å². The van der Waals surface area contributed by atoms with Crippen molar-refractivity contribution in [2.45, 2.75) is 12.1 Å². The maximum atomic E-state index is 5.47. The van der Waals surface area contributed by atoms with Crippen LogP contribution in [0.5, 0.6) is 0 Å². The predicted octanol–water partition coefficient (Wildman–Crippen LogP) is 1.47. The van der Waals surface area contributed by atoms with Gasteiger partial charge in [-0.1, -0.05) is 11.8 Å². The lowest BCUT2D eigenvalue weighted by Crippen LogP contribution is -2.01. The lowest BCUT2D eigenvalue weighted by molar-refractivity contribution is 0.166. The minimum absolute atomic E-state index is 0.549.